The summed E-state index contributed by atoms with van der Waals surface area (Å²) in [6.45, 7) is 0.247. The first kappa shape index (κ1) is 22.7. The van der Waals surface area contributed by atoms with Crippen LogP contribution in [0.15, 0.2) is 53.5 Å². The first-order chi connectivity index (χ1) is 15.0. The van der Waals surface area contributed by atoms with E-state index in [-0.39, 0.29) is 0 Å². The number of methoxy groups -OCH3 is 1. The summed E-state index contributed by atoms with van der Waals surface area (Å²) in [5, 5.41) is 4.63. The van der Waals surface area contributed by atoms with Crippen LogP contribution in [0, 0.1) is 0 Å². The molecule has 0 unspecified atom stereocenters. The van der Waals surface area contributed by atoms with Gasteiger partial charge in [-0.2, -0.15) is 0 Å². The molecule has 8 nitrogen and oxygen atoms in total. The molecular formula is C21H21N3O5S2. The van der Waals surface area contributed by atoms with Crippen molar-refractivity contribution >= 4 is 51.5 Å². The molecule has 3 rings (SSSR count). The molecule has 2 N–H and O–H groups in total. The van der Waals surface area contributed by atoms with E-state index in [4.69, 9.17) is 9.47 Å². The highest BCUT2D eigenvalue weighted by Crippen LogP contribution is 2.26. The normalized spacial score (nSPS) is 12.6. The van der Waals surface area contributed by atoms with Crippen LogP contribution in [-0.4, -0.2) is 48.3 Å². The maximum Gasteiger partial charge on any atom is 0.338 e. The Balaban J connectivity index is 1.47. The van der Waals surface area contributed by atoms with Crippen molar-refractivity contribution in [3.63, 3.8) is 0 Å². The van der Waals surface area contributed by atoms with Gasteiger partial charge in [0.2, 0.25) is 0 Å². The highest BCUT2D eigenvalue weighted by atomic mass is 32.2. The first-order valence-electron chi connectivity index (χ1n) is 9.35. The second-order valence-electron chi connectivity index (χ2n) is 6.25. The lowest BCUT2D eigenvalue weighted by atomic mass is 10.1. The number of carbonyl (C=O) groups excluding carboxylic acids is 3. The topological polar surface area (TPSA) is 106 Å². The first-order valence-corrected chi connectivity index (χ1v) is 11.3. The van der Waals surface area contributed by atoms with Crippen molar-refractivity contribution in [2.24, 2.45) is 4.99 Å². The number of nitrogens with zero attached hydrogens (tertiary/aromatic N) is 1. The summed E-state index contributed by atoms with van der Waals surface area (Å²) in [5.74, 6) is 0.842. The Morgan fingerprint density at radius 3 is 2.61 bits per heavy atom. The Morgan fingerprint density at radius 2 is 1.90 bits per heavy atom. The minimum absolute atomic E-state index is 0.383. The van der Waals surface area contributed by atoms with Gasteiger partial charge in [-0.15, -0.1) is 0 Å². The van der Waals surface area contributed by atoms with Gasteiger partial charge < -0.3 is 14.8 Å². The summed E-state index contributed by atoms with van der Waals surface area (Å²) >= 11 is 3.27. The maximum atomic E-state index is 12.4. The van der Waals surface area contributed by atoms with Crippen molar-refractivity contribution in [2.75, 3.05) is 31.3 Å². The SMILES string of the molecule is COc1ccc(NC(=O)NC(=O)COC(=O)c2ccccc2CSC2=NCCS2)cc1. The molecule has 0 aliphatic carbocycles. The molecular weight excluding hydrogens is 438 g/mol. The average Bonchev–Trinajstić information content (AvgIpc) is 3.30. The van der Waals surface area contributed by atoms with Gasteiger partial charge in [-0.25, -0.2) is 9.59 Å². The summed E-state index contributed by atoms with van der Waals surface area (Å²) in [6.07, 6.45) is 0. The van der Waals surface area contributed by atoms with Crippen molar-refractivity contribution in [2.45, 2.75) is 5.75 Å². The summed E-state index contributed by atoms with van der Waals surface area (Å²) in [6, 6.07) is 12.9. The number of benzene rings is 2. The number of esters is 1. The molecule has 31 heavy (non-hydrogen) atoms. The number of carbonyl (C=O) groups is 3. The quantitative estimate of drug-likeness (QED) is 0.610. The van der Waals surface area contributed by atoms with E-state index in [1.54, 1.807) is 59.9 Å². The van der Waals surface area contributed by atoms with Crippen LogP contribution < -0.4 is 15.4 Å². The van der Waals surface area contributed by atoms with Crippen LogP contribution in [-0.2, 0) is 15.3 Å². The zero-order valence-electron chi connectivity index (χ0n) is 16.8. The Kier molecular flexibility index (Phi) is 8.36. The number of nitrogens with one attached hydrogen (secondary N) is 2. The predicted octanol–water partition coefficient (Wildman–Crippen LogP) is 3.54. The lowest BCUT2D eigenvalue weighted by molar-refractivity contribution is -0.123. The minimum Gasteiger partial charge on any atom is -0.497 e. The molecule has 2 aromatic carbocycles. The average molecular weight is 460 g/mol. The number of hydrogen-bond donors (Lipinski definition) is 2. The van der Waals surface area contributed by atoms with Gasteiger partial charge in [-0.1, -0.05) is 41.7 Å². The number of imide groups is 1. The van der Waals surface area contributed by atoms with Crippen LogP contribution in [0.4, 0.5) is 10.5 Å². The molecule has 0 fully saturated rings. The van der Waals surface area contributed by atoms with Gasteiger partial charge >= 0.3 is 12.0 Å². The van der Waals surface area contributed by atoms with Crippen molar-refractivity contribution in [3.05, 3.63) is 59.7 Å². The third-order valence-corrected chi connectivity index (χ3v) is 6.38. The van der Waals surface area contributed by atoms with E-state index >= 15 is 0 Å². The zero-order valence-corrected chi connectivity index (χ0v) is 18.4. The molecule has 0 radical (unpaired) electrons. The number of aliphatic imine (C=N–C) groups is 1. The number of hydrogen-bond acceptors (Lipinski definition) is 8. The summed E-state index contributed by atoms with van der Waals surface area (Å²) < 4.78 is 11.1. The number of urea groups is 1. The molecule has 1 aliphatic heterocycles. The number of anilines is 1. The lowest BCUT2D eigenvalue weighted by Gasteiger charge is -2.10. The Labute approximate surface area is 188 Å². The molecule has 0 spiro atoms. The highest BCUT2D eigenvalue weighted by Gasteiger charge is 2.17. The molecule has 1 aliphatic rings. The highest BCUT2D eigenvalue weighted by molar-refractivity contribution is 8.38. The van der Waals surface area contributed by atoms with Gasteiger partial charge in [0.1, 0.15) is 10.1 Å². The van der Waals surface area contributed by atoms with E-state index in [1.807, 2.05) is 12.1 Å². The Hall–Kier alpha value is -2.98. The predicted molar refractivity (Wildman–Crippen MR) is 123 cm³/mol. The lowest BCUT2D eigenvalue weighted by Crippen LogP contribution is -2.37. The second kappa shape index (κ2) is 11.4. The minimum atomic E-state index is -0.733. The standard InChI is InChI=1S/C21H21N3O5S2/c1-28-16-8-6-15(7-9-16)23-20(27)24-18(25)12-29-19(26)17-5-3-2-4-14(17)13-31-21-22-10-11-30-21/h2-9H,10-13H2,1H3,(H2,23,24,25,27). The van der Waals surface area contributed by atoms with E-state index in [9.17, 15) is 14.4 Å². The number of rotatable bonds is 7. The summed E-state index contributed by atoms with van der Waals surface area (Å²) in [5.41, 5.74) is 1.67. The van der Waals surface area contributed by atoms with Gasteiger partial charge in [-0.3, -0.25) is 15.1 Å². The Bertz CT molecular complexity index is 979. The number of thioether (sulfide) groups is 2. The Morgan fingerprint density at radius 1 is 1.13 bits per heavy atom. The van der Waals surface area contributed by atoms with Crippen molar-refractivity contribution in [3.8, 4) is 5.75 Å². The van der Waals surface area contributed by atoms with E-state index < -0.39 is 24.5 Å². The molecule has 3 amide bonds. The summed E-state index contributed by atoms with van der Waals surface area (Å²) in [4.78, 5) is 40.7. The van der Waals surface area contributed by atoms with Crippen molar-refractivity contribution in [1.29, 1.82) is 0 Å². The van der Waals surface area contributed by atoms with Crippen LogP contribution in [0.2, 0.25) is 0 Å². The van der Waals surface area contributed by atoms with Gasteiger partial charge in [0.15, 0.2) is 6.61 Å². The van der Waals surface area contributed by atoms with Crippen LogP contribution in [0.1, 0.15) is 15.9 Å². The second-order valence-corrected chi connectivity index (χ2v) is 8.55. The number of amides is 3. The maximum absolute atomic E-state index is 12.4. The van der Waals surface area contributed by atoms with Crippen LogP contribution >= 0.6 is 23.5 Å². The van der Waals surface area contributed by atoms with Crippen LogP contribution in [0.25, 0.3) is 0 Å². The smallest absolute Gasteiger partial charge is 0.338 e. The molecule has 0 saturated carbocycles. The van der Waals surface area contributed by atoms with Gasteiger partial charge in [0.25, 0.3) is 5.91 Å². The molecule has 2 aromatic rings. The molecule has 0 saturated heterocycles. The van der Waals surface area contributed by atoms with E-state index in [0.717, 1.165) is 22.2 Å². The van der Waals surface area contributed by atoms with Crippen molar-refractivity contribution in [1.82, 2.24) is 5.32 Å². The molecule has 0 atom stereocenters. The van der Waals surface area contributed by atoms with E-state index in [2.05, 4.69) is 15.6 Å². The molecule has 0 bridgehead atoms. The number of ether oxygens (including phenoxy) is 2. The molecule has 1 heterocycles. The third kappa shape index (κ3) is 7.04. The molecule has 10 heteroatoms. The fourth-order valence-electron chi connectivity index (χ4n) is 2.60. The van der Waals surface area contributed by atoms with Gasteiger partial charge in [0, 0.05) is 17.2 Å². The fourth-order valence-corrected chi connectivity index (χ4v) is 4.61. The zero-order chi connectivity index (χ0) is 22.1. The van der Waals surface area contributed by atoms with Gasteiger partial charge in [0.05, 0.1) is 19.2 Å². The van der Waals surface area contributed by atoms with Crippen molar-refractivity contribution < 1.29 is 23.9 Å². The molecule has 0 aromatic heterocycles. The summed E-state index contributed by atoms with van der Waals surface area (Å²) in [7, 11) is 1.54. The van der Waals surface area contributed by atoms with E-state index in [1.165, 1.54) is 7.11 Å². The fraction of sp³-hybridized carbons (Fsp3) is 0.238. The van der Waals surface area contributed by atoms with Crippen LogP contribution in [0.3, 0.4) is 0 Å². The van der Waals surface area contributed by atoms with E-state index in [0.29, 0.717) is 22.8 Å². The van der Waals surface area contributed by atoms with Gasteiger partial charge in [-0.05, 0) is 35.9 Å². The monoisotopic (exact) mass is 459 g/mol. The third-order valence-electron chi connectivity index (χ3n) is 4.08. The van der Waals surface area contributed by atoms with Crippen LogP contribution in [0.5, 0.6) is 5.75 Å². The molecule has 162 valence electrons. The largest absolute Gasteiger partial charge is 0.497 e.